The van der Waals surface area contributed by atoms with E-state index in [0.717, 1.165) is 11.1 Å². The molecule has 114 valence electrons. The molecule has 5 heteroatoms. The molecule has 1 aliphatic rings. The van der Waals surface area contributed by atoms with Crippen LogP contribution in [0.4, 0.5) is 8.78 Å². The topological polar surface area (TPSA) is 29.5 Å². The number of alkyl halides is 2. The zero-order valence-electron chi connectivity index (χ0n) is 12.1. The number of hydrogen-bond donors (Lipinski definition) is 0. The smallest absolute Gasteiger partial charge is 0.251 e. The van der Waals surface area contributed by atoms with Gasteiger partial charge in [0.15, 0.2) is 0 Å². The van der Waals surface area contributed by atoms with E-state index in [1.165, 1.54) is 4.90 Å². The van der Waals surface area contributed by atoms with Crippen molar-refractivity contribution in [1.82, 2.24) is 4.90 Å². The van der Waals surface area contributed by atoms with Crippen molar-refractivity contribution in [2.45, 2.75) is 25.2 Å². The molecule has 0 radical (unpaired) electrons. The first kappa shape index (κ1) is 15.5. The number of likely N-dealkylation sites (tertiary alicyclic amines) is 1. The number of hydrogen-bond acceptors (Lipinski definition) is 2. The van der Waals surface area contributed by atoms with Crippen LogP contribution in [0.2, 0.25) is 0 Å². The molecule has 0 N–H and O–H groups in total. The molecule has 1 fully saturated rings. The maximum absolute atomic E-state index is 13.1. The fraction of sp³-hybridized carbons (Fsp3) is 0.438. The van der Waals surface area contributed by atoms with Crippen molar-refractivity contribution in [2.75, 3.05) is 20.2 Å². The van der Waals surface area contributed by atoms with E-state index in [1.54, 1.807) is 19.3 Å². The molecule has 1 aliphatic heterocycles. The maximum atomic E-state index is 13.1. The van der Waals surface area contributed by atoms with E-state index >= 15 is 0 Å². The number of benzene rings is 1. The number of nitrogens with zero attached hydrogens (tertiary/aromatic N) is 1. The molecule has 1 aromatic rings. The molecule has 0 spiro atoms. The minimum absolute atomic E-state index is 0.120. The van der Waals surface area contributed by atoms with Gasteiger partial charge in [-0.1, -0.05) is 18.7 Å². The van der Waals surface area contributed by atoms with Crippen LogP contribution in [0.25, 0.3) is 6.08 Å². The Labute approximate surface area is 123 Å². The van der Waals surface area contributed by atoms with Gasteiger partial charge in [0.2, 0.25) is 5.91 Å². The van der Waals surface area contributed by atoms with Crippen LogP contribution < -0.4 is 4.74 Å². The second-order valence-electron chi connectivity index (χ2n) is 5.19. The first-order chi connectivity index (χ1) is 9.95. The Hall–Kier alpha value is -1.91. The lowest BCUT2D eigenvalue weighted by Crippen LogP contribution is -2.43. The summed E-state index contributed by atoms with van der Waals surface area (Å²) in [4.78, 5) is 13.7. The number of halogens is 2. The highest BCUT2D eigenvalue weighted by atomic mass is 19.3. The van der Waals surface area contributed by atoms with Crippen molar-refractivity contribution in [3.05, 3.63) is 35.9 Å². The van der Waals surface area contributed by atoms with Gasteiger partial charge < -0.3 is 9.64 Å². The van der Waals surface area contributed by atoms with Crippen molar-refractivity contribution in [1.29, 1.82) is 0 Å². The molecule has 1 heterocycles. The Balaban J connectivity index is 2.01. The lowest BCUT2D eigenvalue weighted by Gasteiger charge is -2.31. The summed E-state index contributed by atoms with van der Waals surface area (Å²) in [5.74, 6) is -2.06. The standard InChI is InChI=1S/C16H19F2NO2/c1-3-13-10-12(4-5-14(13)21-2)11-15(20)19-8-6-16(17,18)7-9-19/h3-5,10H,1,6-9,11H2,2H3. The summed E-state index contributed by atoms with van der Waals surface area (Å²) in [5.41, 5.74) is 1.64. The van der Waals surface area contributed by atoms with Crippen LogP contribution in [0.1, 0.15) is 24.0 Å². The average molecular weight is 295 g/mol. The summed E-state index contributed by atoms with van der Waals surface area (Å²) < 4.78 is 31.4. The van der Waals surface area contributed by atoms with Crippen molar-refractivity contribution >= 4 is 12.0 Å². The Bertz CT molecular complexity index is 533. The Morgan fingerprint density at radius 3 is 2.67 bits per heavy atom. The Kier molecular flexibility index (Phi) is 4.60. The van der Waals surface area contributed by atoms with Gasteiger partial charge in [-0.15, -0.1) is 0 Å². The second-order valence-corrected chi connectivity index (χ2v) is 5.19. The highest BCUT2D eigenvalue weighted by molar-refractivity contribution is 5.79. The fourth-order valence-corrected chi connectivity index (χ4v) is 2.42. The zero-order valence-corrected chi connectivity index (χ0v) is 12.1. The van der Waals surface area contributed by atoms with Crippen molar-refractivity contribution < 1.29 is 18.3 Å². The summed E-state index contributed by atoms with van der Waals surface area (Å²) in [5, 5.41) is 0. The van der Waals surface area contributed by atoms with Crippen LogP contribution in [0.15, 0.2) is 24.8 Å². The number of rotatable bonds is 4. The lowest BCUT2D eigenvalue weighted by molar-refractivity contribution is -0.136. The van der Waals surface area contributed by atoms with Crippen LogP contribution in [-0.2, 0) is 11.2 Å². The van der Waals surface area contributed by atoms with Crippen LogP contribution in [0.3, 0.4) is 0 Å². The summed E-state index contributed by atoms with van der Waals surface area (Å²) in [7, 11) is 1.57. The van der Waals surface area contributed by atoms with E-state index in [4.69, 9.17) is 4.74 Å². The van der Waals surface area contributed by atoms with Crippen LogP contribution in [-0.4, -0.2) is 36.9 Å². The molecule has 3 nitrogen and oxygen atoms in total. The monoisotopic (exact) mass is 295 g/mol. The highest BCUT2D eigenvalue weighted by Crippen LogP contribution is 2.28. The number of ether oxygens (including phenoxy) is 1. The minimum Gasteiger partial charge on any atom is -0.496 e. The van der Waals surface area contributed by atoms with Gasteiger partial charge in [0.05, 0.1) is 13.5 Å². The van der Waals surface area contributed by atoms with E-state index in [0.29, 0.717) is 5.75 Å². The molecule has 1 amide bonds. The van der Waals surface area contributed by atoms with Crippen LogP contribution in [0.5, 0.6) is 5.75 Å². The third kappa shape index (κ3) is 3.80. The van der Waals surface area contributed by atoms with Gasteiger partial charge in [-0.05, 0) is 17.7 Å². The van der Waals surface area contributed by atoms with Gasteiger partial charge in [0.25, 0.3) is 5.92 Å². The maximum Gasteiger partial charge on any atom is 0.251 e. The second kappa shape index (κ2) is 6.24. The van der Waals surface area contributed by atoms with Crippen molar-refractivity contribution in [2.24, 2.45) is 0 Å². The Morgan fingerprint density at radius 2 is 2.10 bits per heavy atom. The third-order valence-electron chi connectivity index (χ3n) is 3.72. The van der Waals surface area contributed by atoms with E-state index in [9.17, 15) is 13.6 Å². The van der Waals surface area contributed by atoms with Crippen LogP contribution >= 0.6 is 0 Å². The molecule has 0 aromatic heterocycles. The van der Waals surface area contributed by atoms with Gasteiger partial charge in [-0.25, -0.2) is 8.78 Å². The molecular formula is C16H19F2NO2. The third-order valence-corrected chi connectivity index (χ3v) is 3.72. The Morgan fingerprint density at radius 1 is 1.43 bits per heavy atom. The number of carbonyl (C=O) groups excluding carboxylic acids is 1. The minimum atomic E-state index is -2.63. The predicted molar refractivity (Wildman–Crippen MR) is 77.6 cm³/mol. The molecule has 1 aromatic carbocycles. The molecule has 1 saturated heterocycles. The van der Waals surface area contributed by atoms with E-state index in [-0.39, 0.29) is 38.3 Å². The van der Waals surface area contributed by atoms with Crippen LogP contribution in [0, 0.1) is 0 Å². The lowest BCUT2D eigenvalue weighted by atomic mass is 10.0. The van der Waals surface area contributed by atoms with Gasteiger partial charge in [-0.2, -0.15) is 0 Å². The fourth-order valence-electron chi connectivity index (χ4n) is 2.42. The molecule has 2 rings (SSSR count). The molecule has 0 bridgehead atoms. The van der Waals surface area contributed by atoms with Crippen molar-refractivity contribution in [3.8, 4) is 5.75 Å². The first-order valence-corrected chi connectivity index (χ1v) is 6.90. The summed E-state index contributed by atoms with van der Waals surface area (Å²) in [6, 6.07) is 5.43. The number of methoxy groups -OCH3 is 1. The van der Waals surface area contributed by atoms with Gasteiger partial charge in [-0.3, -0.25) is 4.79 Å². The van der Waals surface area contributed by atoms with Gasteiger partial charge >= 0.3 is 0 Å². The normalized spacial score (nSPS) is 17.4. The summed E-state index contributed by atoms with van der Waals surface area (Å²) in [6.07, 6.45) is 1.36. The van der Waals surface area contributed by atoms with Crippen molar-refractivity contribution in [3.63, 3.8) is 0 Å². The number of carbonyl (C=O) groups is 1. The SMILES string of the molecule is C=Cc1cc(CC(=O)N2CCC(F)(F)CC2)ccc1OC. The molecule has 0 atom stereocenters. The first-order valence-electron chi connectivity index (χ1n) is 6.90. The molecule has 0 unspecified atom stereocenters. The number of amides is 1. The van der Waals surface area contributed by atoms with Gasteiger partial charge in [0.1, 0.15) is 5.75 Å². The zero-order chi connectivity index (χ0) is 15.5. The van der Waals surface area contributed by atoms with E-state index < -0.39 is 5.92 Å². The highest BCUT2D eigenvalue weighted by Gasteiger charge is 2.35. The predicted octanol–water partition coefficient (Wildman–Crippen LogP) is 3.14. The summed E-state index contributed by atoms with van der Waals surface area (Å²) in [6.45, 7) is 3.95. The summed E-state index contributed by atoms with van der Waals surface area (Å²) >= 11 is 0. The quantitative estimate of drug-likeness (QED) is 0.854. The van der Waals surface area contributed by atoms with Gasteiger partial charge in [0, 0.05) is 31.5 Å². The molecule has 21 heavy (non-hydrogen) atoms. The molecule has 0 aliphatic carbocycles. The number of piperidine rings is 1. The largest absolute Gasteiger partial charge is 0.496 e. The van der Waals surface area contributed by atoms with E-state index in [1.807, 2.05) is 12.1 Å². The van der Waals surface area contributed by atoms with E-state index in [2.05, 4.69) is 6.58 Å². The molecule has 0 saturated carbocycles. The molecular weight excluding hydrogens is 276 g/mol. The average Bonchev–Trinajstić information content (AvgIpc) is 2.46.